The maximum atomic E-state index is 14.1. The lowest BCUT2D eigenvalue weighted by Gasteiger charge is -2.34. The van der Waals surface area contributed by atoms with Crippen LogP contribution in [0.1, 0.15) is 62.7 Å². The molecule has 0 radical (unpaired) electrons. The summed E-state index contributed by atoms with van der Waals surface area (Å²) < 4.78 is 6.13. The van der Waals surface area contributed by atoms with E-state index in [-0.39, 0.29) is 56.2 Å². The van der Waals surface area contributed by atoms with Gasteiger partial charge in [0.15, 0.2) is 5.96 Å². The highest BCUT2D eigenvalue weighted by molar-refractivity contribution is 6.00. The second-order valence-electron chi connectivity index (χ2n) is 17.7. The number of carboxylic acid groups (broad SMARTS) is 6. The fourth-order valence-electron chi connectivity index (χ4n) is 7.61. The maximum absolute atomic E-state index is 14.1. The molecule has 16 N–H and O–H groups in total. The summed E-state index contributed by atoms with van der Waals surface area (Å²) in [5.41, 5.74) is 17.4. The van der Waals surface area contributed by atoms with Crippen molar-refractivity contribution in [3.8, 4) is 16.9 Å². The largest absolute Gasteiger partial charge is 0.491 e. The predicted molar refractivity (Wildman–Crippen MR) is 272 cm³/mol. The highest BCUT2D eigenvalue weighted by Gasteiger charge is 2.33. The normalized spacial score (nSPS) is 13.1. The number of rotatable bonds is 39. The number of unbranched alkanes of at least 4 members (excludes halogenated alkanes) is 1. The summed E-state index contributed by atoms with van der Waals surface area (Å²) in [6, 6.07) is 7.99. The van der Waals surface area contributed by atoms with E-state index in [1.54, 1.807) is 50.2 Å². The van der Waals surface area contributed by atoms with Gasteiger partial charge in [-0.05, 0) is 67.8 Å². The Morgan fingerprint density at radius 2 is 1.24 bits per heavy atom. The number of amides is 4. The first kappa shape index (κ1) is 64.2. The number of hydrogen-bond acceptors (Lipinski definition) is 16. The van der Waals surface area contributed by atoms with Gasteiger partial charge in [-0.25, -0.2) is 4.79 Å². The van der Waals surface area contributed by atoms with Crippen molar-refractivity contribution in [1.29, 1.82) is 0 Å². The molecule has 0 spiro atoms. The molecule has 2 aromatic rings. The van der Waals surface area contributed by atoms with Gasteiger partial charge in [0.05, 0.1) is 50.9 Å². The number of benzene rings is 2. The molecule has 76 heavy (non-hydrogen) atoms. The number of aliphatic imine (C=N–C) groups is 1. The summed E-state index contributed by atoms with van der Waals surface area (Å²) in [4.78, 5) is 133. The van der Waals surface area contributed by atoms with Crippen LogP contribution < -0.4 is 43.2 Å². The molecule has 28 heteroatoms. The zero-order valence-electron chi connectivity index (χ0n) is 42.4. The Bertz CT molecular complexity index is 2290. The average Bonchev–Trinajstić information content (AvgIpc) is 3.34. The fourth-order valence-corrected chi connectivity index (χ4v) is 7.61. The Morgan fingerprint density at radius 3 is 1.79 bits per heavy atom. The van der Waals surface area contributed by atoms with Gasteiger partial charge in [0, 0.05) is 26.2 Å². The molecule has 28 nitrogen and oxygen atoms in total. The lowest BCUT2D eigenvalue weighted by Crippen LogP contribution is -2.57. The summed E-state index contributed by atoms with van der Waals surface area (Å²) >= 11 is 0. The second kappa shape index (κ2) is 33.8. The summed E-state index contributed by atoms with van der Waals surface area (Å²) in [6.45, 7) is -2.46. The molecular weight excluding hydrogens is 1000 g/mol. The van der Waals surface area contributed by atoms with Crippen molar-refractivity contribution in [2.45, 2.75) is 76.5 Å². The van der Waals surface area contributed by atoms with Gasteiger partial charge in [0.1, 0.15) is 30.5 Å². The van der Waals surface area contributed by atoms with Crippen LogP contribution >= 0.6 is 0 Å². The number of carboxylic acids is 6. The van der Waals surface area contributed by atoms with Crippen LogP contribution in [0.5, 0.6) is 5.75 Å². The Kier molecular flexibility index (Phi) is 28.5. The minimum absolute atomic E-state index is 0.0341. The quantitative estimate of drug-likeness (QED) is 0.0194. The number of aliphatic carboxylic acids is 6. The molecule has 0 heterocycles. The minimum Gasteiger partial charge on any atom is -0.491 e. The van der Waals surface area contributed by atoms with Gasteiger partial charge in [-0.1, -0.05) is 56.7 Å². The number of nitrogens with zero attached hydrogens (tertiary/aromatic N) is 4. The number of ether oxygens (including phenoxy) is 1. The van der Waals surface area contributed by atoms with E-state index >= 15 is 0 Å². The standard InChI is InChI=1S/C48H71N11O17/c1-3-29(2)43(46(73)54-34(13-9-17-52-48(50)51)45(72)55-35(47(74)75)12-7-8-16-49)56-37(60)21-53-44(71)33-20-31(30-10-5-4-6-11-30)14-15-36(33)76-28-32(59(26-41(67)68)27-42(69)70)22-57(23-38(61)62)18-19-58(24-39(63)64)25-40(65)66/h4-6,10-11,14-15,20,29,32,34-35,43H,3,7-9,12-13,16-19,21-28,49H2,1-2H3,(H,53,71)(H,54,73)(H,55,72)(H,56,60)(H,61,62)(H,63,64)(H,65,66)(H,67,68)(H,69,70)(H,74,75)(H4,50,51,52). The topological polar surface area (TPSA) is 450 Å². The summed E-state index contributed by atoms with van der Waals surface area (Å²) in [5.74, 6) is -12.6. The van der Waals surface area contributed by atoms with Crippen molar-refractivity contribution < 1.29 is 83.3 Å². The van der Waals surface area contributed by atoms with Gasteiger partial charge in [-0.2, -0.15) is 0 Å². The van der Waals surface area contributed by atoms with E-state index in [2.05, 4.69) is 26.3 Å². The molecule has 0 saturated carbocycles. The molecule has 0 fully saturated rings. The number of nitrogens with one attached hydrogen (secondary N) is 4. The highest BCUT2D eigenvalue weighted by Crippen LogP contribution is 2.27. The number of carbonyl (C=O) groups excluding carboxylic acids is 4. The van der Waals surface area contributed by atoms with Gasteiger partial charge in [-0.15, -0.1) is 0 Å². The molecule has 5 unspecified atom stereocenters. The Hall–Kier alpha value is -7.95. The van der Waals surface area contributed by atoms with Crippen LogP contribution in [0.2, 0.25) is 0 Å². The van der Waals surface area contributed by atoms with E-state index in [1.807, 2.05) is 0 Å². The molecule has 0 saturated heterocycles. The lowest BCUT2D eigenvalue weighted by molar-refractivity contribution is -0.145. The highest BCUT2D eigenvalue weighted by atomic mass is 16.5. The van der Waals surface area contributed by atoms with Crippen molar-refractivity contribution in [3.63, 3.8) is 0 Å². The van der Waals surface area contributed by atoms with Crippen LogP contribution in [0, 0.1) is 5.92 Å². The van der Waals surface area contributed by atoms with Crippen LogP contribution in [0.15, 0.2) is 53.5 Å². The van der Waals surface area contributed by atoms with Crippen molar-refractivity contribution in [3.05, 3.63) is 54.1 Å². The van der Waals surface area contributed by atoms with Crippen LogP contribution in [0.4, 0.5) is 0 Å². The third-order valence-electron chi connectivity index (χ3n) is 11.6. The van der Waals surface area contributed by atoms with Crippen molar-refractivity contribution >= 4 is 65.4 Å². The molecule has 0 bridgehead atoms. The number of nitrogens with two attached hydrogens (primary N) is 3. The molecule has 0 aromatic heterocycles. The first-order chi connectivity index (χ1) is 35.9. The van der Waals surface area contributed by atoms with E-state index < -0.39 is 142 Å². The van der Waals surface area contributed by atoms with Gasteiger partial charge < -0.3 is 73.8 Å². The SMILES string of the molecule is CCC(C)C(NC(=O)CNC(=O)c1cc(-c2ccccc2)ccc1OCC(CN(CCN(CC(=O)O)CC(=O)O)CC(=O)O)N(CC(=O)O)CC(=O)O)C(=O)NC(CCCN=C(N)N)C(=O)NC(CCCCN)C(=O)O. The monoisotopic (exact) mass is 1070 g/mol. The minimum atomic E-state index is -1.47. The Labute approximate surface area is 438 Å². The van der Waals surface area contributed by atoms with Gasteiger partial charge >= 0.3 is 35.8 Å². The molecule has 0 aliphatic rings. The molecule has 0 aliphatic heterocycles. The smallest absolute Gasteiger partial charge is 0.326 e. The molecule has 2 rings (SSSR count). The summed E-state index contributed by atoms with van der Waals surface area (Å²) in [7, 11) is 0. The number of hydrogen-bond donors (Lipinski definition) is 13. The Balaban J connectivity index is 2.50. The zero-order chi connectivity index (χ0) is 56.9. The Morgan fingerprint density at radius 1 is 0.671 bits per heavy atom. The van der Waals surface area contributed by atoms with Gasteiger partial charge in [0.25, 0.3) is 5.91 Å². The molecule has 420 valence electrons. The van der Waals surface area contributed by atoms with Crippen LogP contribution in [-0.4, -0.2) is 214 Å². The molecule has 2 aromatic carbocycles. The summed E-state index contributed by atoms with van der Waals surface area (Å²) in [5, 5.41) is 67.9. The predicted octanol–water partition coefficient (Wildman–Crippen LogP) is -2.07. The number of carbonyl (C=O) groups is 10. The number of guanidine groups is 1. The molecular formula is C48H71N11O17. The van der Waals surface area contributed by atoms with Crippen molar-refractivity contribution in [2.24, 2.45) is 28.1 Å². The van der Waals surface area contributed by atoms with E-state index in [9.17, 15) is 78.6 Å². The van der Waals surface area contributed by atoms with E-state index in [0.717, 1.165) is 9.80 Å². The molecule has 4 amide bonds. The third-order valence-corrected chi connectivity index (χ3v) is 11.6. The van der Waals surface area contributed by atoms with Crippen LogP contribution in [0.25, 0.3) is 11.1 Å². The van der Waals surface area contributed by atoms with Crippen LogP contribution in [0.3, 0.4) is 0 Å². The van der Waals surface area contributed by atoms with E-state index in [0.29, 0.717) is 36.9 Å². The van der Waals surface area contributed by atoms with E-state index in [1.165, 1.54) is 17.0 Å². The zero-order valence-corrected chi connectivity index (χ0v) is 42.4. The maximum Gasteiger partial charge on any atom is 0.326 e. The van der Waals surface area contributed by atoms with E-state index in [4.69, 9.17) is 21.9 Å². The molecule has 0 aliphatic carbocycles. The van der Waals surface area contributed by atoms with Crippen molar-refractivity contribution in [1.82, 2.24) is 36.0 Å². The van der Waals surface area contributed by atoms with Gasteiger partial charge in [-0.3, -0.25) is 62.8 Å². The van der Waals surface area contributed by atoms with Crippen molar-refractivity contribution in [2.75, 3.05) is 78.6 Å². The van der Waals surface area contributed by atoms with Gasteiger partial charge in [0.2, 0.25) is 17.7 Å². The second-order valence-corrected chi connectivity index (χ2v) is 17.7. The summed E-state index contributed by atoms with van der Waals surface area (Å²) in [6.07, 6.45) is 1.47. The fraction of sp³-hybridized carbons (Fsp3) is 0.521. The first-order valence-electron chi connectivity index (χ1n) is 24.2. The third kappa shape index (κ3) is 24.9. The molecule has 5 atom stereocenters. The first-order valence-corrected chi connectivity index (χ1v) is 24.2. The lowest BCUT2D eigenvalue weighted by atomic mass is 9.97. The average molecular weight is 1070 g/mol. The van der Waals surface area contributed by atoms with Crippen LogP contribution in [-0.2, 0) is 43.2 Å².